The zero-order chi connectivity index (χ0) is 9.80. The van der Waals surface area contributed by atoms with Gasteiger partial charge in [-0.05, 0) is 33.6 Å². The van der Waals surface area contributed by atoms with Gasteiger partial charge in [0.15, 0.2) is 3.92 Å². The van der Waals surface area contributed by atoms with Gasteiger partial charge in [-0.1, -0.05) is 11.3 Å². The molecule has 0 amide bonds. The summed E-state index contributed by atoms with van der Waals surface area (Å²) in [5, 5.41) is 11.7. The largest absolute Gasteiger partial charge is 0.356 e. The molecule has 4 nitrogen and oxygen atoms in total. The molecule has 2 rings (SSSR count). The minimum absolute atomic E-state index is 0.740. The lowest BCUT2D eigenvalue weighted by atomic mass is 10.3. The molecule has 2 aromatic heterocycles. The lowest BCUT2D eigenvalue weighted by Gasteiger charge is -2.00. The van der Waals surface area contributed by atoms with Crippen molar-refractivity contribution in [1.82, 2.24) is 15.2 Å². The Morgan fingerprint density at radius 3 is 2.71 bits per heavy atom. The standard InChI is InChI=1S/C8H7BrN4S/c9-7-12-13-8(14-7)11-5-6-1-3-10-4-2-6/h1-4H,5H2,(H,11,13). The van der Waals surface area contributed by atoms with Crippen LogP contribution in [0.5, 0.6) is 0 Å². The van der Waals surface area contributed by atoms with Gasteiger partial charge in [0.1, 0.15) is 0 Å². The van der Waals surface area contributed by atoms with E-state index in [0.717, 1.165) is 15.6 Å². The quantitative estimate of drug-likeness (QED) is 0.930. The van der Waals surface area contributed by atoms with Crippen molar-refractivity contribution in [2.75, 3.05) is 5.32 Å². The van der Waals surface area contributed by atoms with Crippen LogP contribution < -0.4 is 5.32 Å². The van der Waals surface area contributed by atoms with Crippen molar-refractivity contribution in [2.45, 2.75) is 6.54 Å². The van der Waals surface area contributed by atoms with Gasteiger partial charge < -0.3 is 5.32 Å². The van der Waals surface area contributed by atoms with Crippen LogP contribution in [0.3, 0.4) is 0 Å². The predicted octanol–water partition coefficient (Wildman–Crippen LogP) is 2.31. The summed E-state index contributed by atoms with van der Waals surface area (Å²) in [4.78, 5) is 3.94. The van der Waals surface area contributed by atoms with Crippen molar-refractivity contribution in [2.24, 2.45) is 0 Å². The first kappa shape index (κ1) is 9.54. The van der Waals surface area contributed by atoms with Gasteiger partial charge in [0, 0.05) is 18.9 Å². The molecule has 0 fully saturated rings. The van der Waals surface area contributed by atoms with Gasteiger partial charge in [-0.2, -0.15) is 0 Å². The van der Waals surface area contributed by atoms with Gasteiger partial charge in [-0.3, -0.25) is 4.98 Å². The smallest absolute Gasteiger partial charge is 0.206 e. The van der Waals surface area contributed by atoms with E-state index in [0.29, 0.717) is 0 Å². The average molecular weight is 271 g/mol. The van der Waals surface area contributed by atoms with E-state index in [2.05, 4.69) is 36.4 Å². The highest BCUT2D eigenvalue weighted by atomic mass is 79.9. The highest BCUT2D eigenvalue weighted by Crippen LogP contribution is 2.20. The number of pyridine rings is 1. The molecule has 1 N–H and O–H groups in total. The van der Waals surface area contributed by atoms with Crippen LogP contribution in [-0.2, 0) is 6.54 Å². The molecule has 0 unspecified atom stereocenters. The van der Waals surface area contributed by atoms with Crippen molar-refractivity contribution in [3.8, 4) is 0 Å². The number of anilines is 1. The topological polar surface area (TPSA) is 50.7 Å². The van der Waals surface area contributed by atoms with Gasteiger partial charge >= 0.3 is 0 Å². The Morgan fingerprint density at radius 1 is 1.29 bits per heavy atom. The molecule has 0 radical (unpaired) electrons. The first-order valence-corrected chi connectivity index (χ1v) is 5.57. The molecule has 0 aliphatic heterocycles. The molecule has 0 aliphatic rings. The third kappa shape index (κ3) is 2.49. The molecule has 2 aromatic rings. The van der Waals surface area contributed by atoms with Crippen LogP contribution in [0.2, 0.25) is 0 Å². The van der Waals surface area contributed by atoms with Crippen molar-refractivity contribution in [3.05, 3.63) is 34.0 Å². The summed E-state index contributed by atoms with van der Waals surface area (Å²) in [5.41, 5.74) is 1.17. The zero-order valence-corrected chi connectivity index (χ0v) is 9.55. The molecule has 0 bridgehead atoms. The normalized spacial score (nSPS) is 10.1. The number of halogens is 1. The lowest BCUT2D eigenvalue weighted by Crippen LogP contribution is -1.98. The van der Waals surface area contributed by atoms with Crippen molar-refractivity contribution >= 4 is 32.4 Å². The third-order valence-corrected chi connectivity index (χ3v) is 2.91. The van der Waals surface area contributed by atoms with E-state index in [9.17, 15) is 0 Å². The predicted molar refractivity (Wildman–Crippen MR) is 59.2 cm³/mol. The SMILES string of the molecule is Brc1nnc(NCc2ccncc2)s1. The van der Waals surface area contributed by atoms with Crippen LogP contribution in [0, 0.1) is 0 Å². The molecule has 0 spiro atoms. The highest BCUT2D eigenvalue weighted by Gasteiger charge is 1.99. The molecule has 0 aliphatic carbocycles. The number of aromatic nitrogens is 3. The number of rotatable bonds is 3. The molecule has 0 saturated carbocycles. The van der Waals surface area contributed by atoms with Crippen LogP contribution >= 0.6 is 27.3 Å². The summed E-state index contributed by atoms with van der Waals surface area (Å²) in [6.45, 7) is 0.740. The Labute approximate surface area is 93.5 Å². The molecular weight excluding hydrogens is 264 g/mol. The van der Waals surface area contributed by atoms with Crippen LogP contribution in [0.15, 0.2) is 28.4 Å². The molecule has 0 saturated heterocycles. The average Bonchev–Trinajstić information content (AvgIpc) is 2.63. The van der Waals surface area contributed by atoms with Gasteiger partial charge in [-0.15, -0.1) is 10.2 Å². The van der Waals surface area contributed by atoms with E-state index < -0.39 is 0 Å². The maximum Gasteiger partial charge on any atom is 0.206 e. The Kier molecular flexibility index (Phi) is 3.05. The summed E-state index contributed by atoms with van der Waals surface area (Å²) in [7, 11) is 0. The Balaban J connectivity index is 1.95. The van der Waals surface area contributed by atoms with Gasteiger partial charge in [-0.25, -0.2) is 0 Å². The first-order chi connectivity index (χ1) is 6.84. The van der Waals surface area contributed by atoms with Gasteiger partial charge in [0.05, 0.1) is 0 Å². The second kappa shape index (κ2) is 4.47. The van der Waals surface area contributed by atoms with Crippen LogP contribution in [0.1, 0.15) is 5.56 Å². The van der Waals surface area contributed by atoms with Crippen LogP contribution in [0.4, 0.5) is 5.13 Å². The molecule has 0 aromatic carbocycles. The monoisotopic (exact) mass is 270 g/mol. The summed E-state index contributed by atoms with van der Waals surface area (Å²) in [6.07, 6.45) is 3.54. The summed E-state index contributed by atoms with van der Waals surface area (Å²) >= 11 is 4.73. The minimum Gasteiger partial charge on any atom is -0.356 e. The fourth-order valence-corrected chi connectivity index (χ4v) is 1.96. The molecule has 72 valence electrons. The van der Waals surface area contributed by atoms with E-state index in [-0.39, 0.29) is 0 Å². The summed E-state index contributed by atoms with van der Waals surface area (Å²) in [6, 6.07) is 3.92. The highest BCUT2D eigenvalue weighted by molar-refractivity contribution is 9.11. The number of nitrogens with zero attached hydrogens (tertiary/aromatic N) is 3. The van der Waals surface area contributed by atoms with Crippen molar-refractivity contribution in [1.29, 1.82) is 0 Å². The van der Waals surface area contributed by atoms with E-state index in [1.807, 2.05) is 12.1 Å². The Hall–Kier alpha value is -1.01. The summed E-state index contributed by atoms with van der Waals surface area (Å²) in [5.74, 6) is 0. The van der Waals surface area contributed by atoms with Gasteiger partial charge in [0.2, 0.25) is 5.13 Å². The fraction of sp³-hybridized carbons (Fsp3) is 0.125. The van der Waals surface area contributed by atoms with Crippen LogP contribution in [-0.4, -0.2) is 15.2 Å². The maximum absolute atomic E-state index is 3.94. The lowest BCUT2D eigenvalue weighted by molar-refractivity contribution is 1.04. The van der Waals surface area contributed by atoms with E-state index >= 15 is 0 Å². The first-order valence-electron chi connectivity index (χ1n) is 3.96. The molecular formula is C8H7BrN4S. The molecule has 2 heterocycles. The Bertz CT molecular complexity index is 403. The molecule has 14 heavy (non-hydrogen) atoms. The summed E-state index contributed by atoms with van der Waals surface area (Å²) < 4.78 is 0.787. The number of nitrogens with one attached hydrogen (secondary N) is 1. The van der Waals surface area contributed by atoms with Crippen molar-refractivity contribution < 1.29 is 0 Å². The fourth-order valence-electron chi connectivity index (χ4n) is 0.955. The second-order valence-corrected chi connectivity index (χ2v) is 4.82. The maximum atomic E-state index is 3.94. The van der Waals surface area contributed by atoms with E-state index in [1.54, 1.807) is 12.4 Å². The number of hydrogen-bond acceptors (Lipinski definition) is 5. The second-order valence-electron chi connectivity index (χ2n) is 2.57. The zero-order valence-electron chi connectivity index (χ0n) is 7.14. The molecule has 6 heteroatoms. The Morgan fingerprint density at radius 2 is 2.07 bits per heavy atom. The number of hydrogen-bond donors (Lipinski definition) is 1. The third-order valence-electron chi connectivity index (χ3n) is 1.59. The molecule has 0 atom stereocenters. The van der Waals surface area contributed by atoms with E-state index in [1.165, 1.54) is 16.9 Å². The van der Waals surface area contributed by atoms with Crippen molar-refractivity contribution in [3.63, 3.8) is 0 Å². The van der Waals surface area contributed by atoms with Crippen LogP contribution in [0.25, 0.3) is 0 Å². The van der Waals surface area contributed by atoms with E-state index in [4.69, 9.17) is 0 Å². The minimum atomic E-state index is 0.740. The van der Waals surface area contributed by atoms with Gasteiger partial charge in [0.25, 0.3) is 0 Å².